The Kier molecular flexibility index (Phi) is 13.9. The molecule has 2 aromatic carbocycles. The number of hydrogen-bond acceptors (Lipinski definition) is 8. The standard InChI is InChI=1S/C38H49N5O8/c1-38(2,3)33(43-37(49)50-4)35(46)40-28(20-25-13-15-26(16-14-25)29-12-8-9-18-39-29)22-31(44)30(21-24-10-6-5-7-11-24)41-34(45)32(42-36(47)48)27-17-19-51-23-27/h5-16,18,27-28,30-33,42,44H,17,19-23H2,1-4H3,(H,40,46)(H,41,45)(H,43,49)(H,47,48)/t27-,28-,30-,31-,32+,33+/m0/s1. The highest BCUT2D eigenvalue weighted by molar-refractivity contribution is 5.87. The van der Waals surface area contributed by atoms with Gasteiger partial charge in [0.15, 0.2) is 0 Å². The fourth-order valence-electron chi connectivity index (χ4n) is 6.19. The number of aliphatic hydroxyl groups is 1. The van der Waals surface area contributed by atoms with Crippen molar-refractivity contribution in [3.63, 3.8) is 0 Å². The molecule has 0 radical (unpaired) electrons. The summed E-state index contributed by atoms with van der Waals surface area (Å²) in [6.07, 6.45) is -0.480. The SMILES string of the molecule is COC(=O)N[C@H](C(=O)N[C@@H](Cc1ccc(-c2ccccn2)cc1)C[C@H](O)[C@H](Cc1ccccc1)NC(=O)[C@H](NC(=O)O)[C@H]1CCOC1)C(C)(C)C. The molecule has 1 aliphatic rings. The highest BCUT2D eigenvalue weighted by atomic mass is 16.5. The number of carbonyl (C=O) groups excluding carboxylic acids is 3. The quantitative estimate of drug-likeness (QED) is 0.137. The molecule has 6 atom stereocenters. The van der Waals surface area contributed by atoms with Gasteiger partial charge in [-0.25, -0.2) is 9.59 Å². The van der Waals surface area contributed by atoms with E-state index >= 15 is 0 Å². The molecular weight excluding hydrogens is 654 g/mol. The summed E-state index contributed by atoms with van der Waals surface area (Å²) in [6.45, 7) is 6.09. The van der Waals surface area contributed by atoms with Crippen molar-refractivity contribution in [2.24, 2.45) is 11.3 Å². The van der Waals surface area contributed by atoms with Gasteiger partial charge in [0.25, 0.3) is 0 Å². The Morgan fingerprint density at radius 1 is 0.882 bits per heavy atom. The molecule has 0 saturated carbocycles. The summed E-state index contributed by atoms with van der Waals surface area (Å²) in [5, 5.41) is 32.3. The van der Waals surface area contributed by atoms with E-state index < -0.39 is 59.7 Å². The normalized spacial score (nSPS) is 17.2. The number of ether oxygens (including phenoxy) is 2. The first-order valence-corrected chi connectivity index (χ1v) is 17.1. The van der Waals surface area contributed by atoms with Crippen LogP contribution in [0.5, 0.6) is 0 Å². The number of carboxylic acid groups (broad SMARTS) is 1. The van der Waals surface area contributed by atoms with Crippen LogP contribution in [-0.2, 0) is 31.9 Å². The van der Waals surface area contributed by atoms with Gasteiger partial charge in [0, 0.05) is 30.3 Å². The average molecular weight is 704 g/mol. The van der Waals surface area contributed by atoms with Crippen molar-refractivity contribution in [1.82, 2.24) is 26.3 Å². The molecule has 4 rings (SSSR count). The van der Waals surface area contributed by atoms with Crippen molar-refractivity contribution in [3.8, 4) is 11.3 Å². The maximum Gasteiger partial charge on any atom is 0.407 e. The molecule has 3 aromatic rings. The number of benzene rings is 2. The lowest BCUT2D eigenvalue weighted by molar-refractivity contribution is -0.127. The van der Waals surface area contributed by atoms with Gasteiger partial charge in [0.1, 0.15) is 12.1 Å². The molecule has 1 aromatic heterocycles. The first-order chi connectivity index (χ1) is 24.3. The van der Waals surface area contributed by atoms with Crippen molar-refractivity contribution >= 4 is 24.0 Å². The molecule has 274 valence electrons. The van der Waals surface area contributed by atoms with E-state index in [0.717, 1.165) is 22.4 Å². The molecule has 0 unspecified atom stereocenters. The third kappa shape index (κ3) is 11.8. The Labute approximate surface area is 298 Å². The van der Waals surface area contributed by atoms with E-state index in [0.29, 0.717) is 19.4 Å². The van der Waals surface area contributed by atoms with Gasteiger partial charge in [-0.3, -0.25) is 14.6 Å². The number of rotatable bonds is 15. The Bertz CT molecular complexity index is 1580. The second kappa shape index (κ2) is 18.3. The number of amides is 4. The third-order valence-corrected chi connectivity index (χ3v) is 8.93. The zero-order chi connectivity index (χ0) is 37.0. The van der Waals surface area contributed by atoms with Crippen molar-refractivity contribution in [2.45, 2.75) is 76.7 Å². The number of pyridine rings is 1. The van der Waals surface area contributed by atoms with Crippen molar-refractivity contribution in [2.75, 3.05) is 20.3 Å². The molecule has 1 fully saturated rings. The highest BCUT2D eigenvalue weighted by Crippen LogP contribution is 2.23. The van der Waals surface area contributed by atoms with Gasteiger partial charge >= 0.3 is 12.2 Å². The van der Waals surface area contributed by atoms with E-state index in [1.165, 1.54) is 7.11 Å². The summed E-state index contributed by atoms with van der Waals surface area (Å²) in [4.78, 5) is 55.8. The second-order valence-electron chi connectivity index (χ2n) is 13.9. The van der Waals surface area contributed by atoms with Crippen LogP contribution in [0.3, 0.4) is 0 Å². The maximum absolute atomic E-state index is 13.8. The third-order valence-electron chi connectivity index (χ3n) is 8.93. The monoisotopic (exact) mass is 703 g/mol. The molecule has 0 bridgehead atoms. The lowest BCUT2D eigenvalue weighted by atomic mass is 9.85. The number of carbonyl (C=O) groups is 4. The largest absolute Gasteiger partial charge is 0.465 e. The van der Waals surface area contributed by atoms with E-state index in [1.54, 1.807) is 6.20 Å². The molecule has 13 heteroatoms. The Balaban J connectivity index is 1.62. The van der Waals surface area contributed by atoms with Crippen LogP contribution in [0, 0.1) is 11.3 Å². The second-order valence-corrected chi connectivity index (χ2v) is 13.9. The fraction of sp³-hybridized carbons (Fsp3) is 0.447. The Hall–Kier alpha value is -5.01. The van der Waals surface area contributed by atoms with Crippen molar-refractivity contribution in [1.29, 1.82) is 0 Å². The summed E-state index contributed by atoms with van der Waals surface area (Å²) >= 11 is 0. The van der Waals surface area contributed by atoms with Crippen LogP contribution in [-0.4, -0.2) is 89.8 Å². The van der Waals surface area contributed by atoms with E-state index in [4.69, 9.17) is 9.47 Å². The Morgan fingerprint density at radius 2 is 1.57 bits per heavy atom. The predicted molar refractivity (Wildman–Crippen MR) is 191 cm³/mol. The zero-order valence-electron chi connectivity index (χ0n) is 29.5. The van der Waals surface area contributed by atoms with Crippen LogP contribution in [0.1, 0.15) is 44.7 Å². The molecule has 51 heavy (non-hydrogen) atoms. The van der Waals surface area contributed by atoms with Crippen LogP contribution in [0.2, 0.25) is 0 Å². The van der Waals surface area contributed by atoms with Crippen LogP contribution < -0.4 is 21.3 Å². The average Bonchev–Trinajstić information content (AvgIpc) is 3.64. The lowest BCUT2D eigenvalue weighted by Crippen LogP contribution is -2.58. The van der Waals surface area contributed by atoms with Gasteiger partial charge in [-0.1, -0.05) is 81.4 Å². The van der Waals surface area contributed by atoms with Gasteiger partial charge < -0.3 is 41.0 Å². The van der Waals surface area contributed by atoms with Gasteiger partial charge in [-0.2, -0.15) is 0 Å². The van der Waals surface area contributed by atoms with E-state index in [1.807, 2.05) is 93.6 Å². The fourth-order valence-corrected chi connectivity index (χ4v) is 6.19. The number of nitrogens with one attached hydrogen (secondary N) is 4. The van der Waals surface area contributed by atoms with Gasteiger partial charge in [-0.15, -0.1) is 0 Å². The van der Waals surface area contributed by atoms with Gasteiger partial charge in [0.2, 0.25) is 11.8 Å². The van der Waals surface area contributed by atoms with E-state index in [9.17, 15) is 29.4 Å². The topological polar surface area (TPSA) is 188 Å². The number of hydrogen-bond donors (Lipinski definition) is 6. The minimum Gasteiger partial charge on any atom is -0.465 e. The van der Waals surface area contributed by atoms with Crippen molar-refractivity contribution < 1.29 is 38.9 Å². The van der Waals surface area contributed by atoms with Crippen LogP contribution in [0.25, 0.3) is 11.3 Å². The minimum absolute atomic E-state index is 0.0180. The number of aromatic nitrogens is 1. The van der Waals surface area contributed by atoms with E-state index in [-0.39, 0.29) is 25.4 Å². The van der Waals surface area contributed by atoms with Gasteiger partial charge in [-0.05, 0) is 54.4 Å². The minimum atomic E-state index is -1.34. The lowest BCUT2D eigenvalue weighted by Gasteiger charge is -2.33. The zero-order valence-corrected chi connectivity index (χ0v) is 29.5. The molecule has 1 saturated heterocycles. The molecule has 2 heterocycles. The molecule has 13 nitrogen and oxygen atoms in total. The highest BCUT2D eigenvalue weighted by Gasteiger charge is 2.37. The number of methoxy groups -OCH3 is 1. The molecular formula is C38H49N5O8. The van der Waals surface area contributed by atoms with Crippen LogP contribution in [0.4, 0.5) is 9.59 Å². The molecule has 1 aliphatic heterocycles. The first-order valence-electron chi connectivity index (χ1n) is 17.1. The molecule has 0 spiro atoms. The summed E-state index contributed by atoms with van der Waals surface area (Å²) in [5.74, 6) is -1.41. The van der Waals surface area contributed by atoms with E-state index in [2.05, 4.69) is 26.3 Å². The number of nitrogens with zero attached hydrogens (tertiary/aromatic N) is 1. The summed E-state index contributed by atoms with van der Waals surface area (Å²) in [7, 11) is 1.22. The molecule has 4 amide bonds. The Morgan fingerprint density at radius 3 is 2.16 bits per heavy atom. The van der Waals surface area contributed by atoms with Gasteiger partial charge in [0.05, 0.1) is 31.6 Å². The summed E-state index contributed by atoms with van der Waals surface area (Å²) in [6, 6.07) is 19.1. The summed E-state index contributed by atoms with van der Waals surface area (Å²) < 4.78 is 10.2. The van der Waals surface area contributed by atoms with Crippen molar-refractivity contribution in [3.05, 3.63) is 90.1 Å². The maximum atomic E-state index is 13.8. The molecule has 6 N–H and O–H groups in total. The smallest absolute Gasteiger partial charge is 0.407 e. The predicted octanol–water partition coefficient (Wildman–Crippen LogP) is 3.70. The first kappa shape index (κ1) is 38.8. The number of aliphatic hydroxyl groups excluding tert-OH is 1. The van der Waals surface area contributed by atoms with Crippen LogP contribution in [0.15, 0.2) is 79.0 Å². The molecule has 0 aliphatic carbocycles. The summed E-state index contributed by atoms with van der Waals surface area (Å²) in [5.41, 5.74) is 2.75. The van der Waals surface area contributed by atoms with Crippen LogP contribution >= 0.6 is 0 Å². The number of alkyl carbamates (subject to hydrolysis) is 1.